The lowest BCUT2D eigenvalue weighted by Gasteiger charge is -2.18. The lowest BCUT2D eigenvalue weighted by molar-refractivity contribution is -0.261. The van der Waals surface area contributed by atoms with E-state index >= 15 is 0 Å². The summed E-state index contributed by atoms with van der Waals surface area (Å²) in [6.45, 7) is 3.01. The number of esters is 1. The molecular formula is C24H19ClF5NO3. The number of nitrogens with zero attached hydrogens (tertiary/aromatic N) is 1. The van der Waals surface area contributed by atoms with Gasteiger partial charge < -0.3 is 9.47 Å². The summed E-state index contributed by atoms with van der Waals surface area (Å²) in [7, 11) is 0. The molecule has 4 nitrogen and oxygen atoms in total. The Labute approximate surface area is 197 Å². The molecule has 1 unspecified atom stereocenters. The Morgan fingerprint density at radius 1 is 1.09 bits per heavy atom. The minimum absolute atomic E-state index is 0.302. The molecule has 2 aromatic carbocycles. The second-order valence-corrected chi connectivity index (χ2v) is 8.75. The fourth-order valence-electron chi connectivity index (χ4n) is 3.56. The second-order valence-electron chi connectivity index (χ2n) is 8.35. The summed E-state index contributed by atoms with van der Waals surface area (Å²) in [6, 6.07) is 16.9. The van der Waals surface area contributed by atoms with Crippen LogP contribution in [0.2, 0.25) is 0 Å². The molecule has 1 aliphatic carbocycles. The van der Waals surface area contributed by atoms with Gasteiger partial charge in [-0.25, -0.2) is 0 Å². The molecule has 0 spiro atoms. The summed E-state index contributed by atoms with van der Waals surface area (Å²) in [4.78, 5) is 12.7. The van der Waals surface area contributed by atoms with Crippen LogP contribution in [0.4, 0.5) is 22.0 Å². The number of ether oxygens (including phenoxy) is 2. The van der Waals surface area contributed by atoms with E-state index in [1.54, 1.807) is 36.4 Å². The van der Waals surface area contributed by atoms with Crippen molar-refractivity contribution < 1.29 is 36.2 Å². The average molecular weight is 500 g/mol. The summed E-state index contributed by atoms with van der Waals surface area (Å²) in [5, 5.41) is 7.81. The maximum absolute atomic E-state index is 13.5. The number of hydrogen-bond acceptors (Lipinski definition) is 4. The zero-order valence-electron chi connectivity index (χ0n) is 17.9. The molecule has 0 aromatic heterocycles. The number of carbonyl (C=O) groups excluding carboxylic acids is 1. The Bertz CT molecular complexity index is 1130. The number of halogens is 6. The normalized spacial score (nSPS) is 20.7. The van der Waals surface area contributed by atoms with Crippen LogP contribution in [0.15, 0.2) is 65.7 Å². The highest BCUT2D eigenvalue weighted by Crippen LogP contribution is 2.61. The van der Waals surface area contributed by atoms with Crippen molar-refractivity contribution in [3.05, 3.63) is 71.3 Å². The summed E-state index contributed by atoms with van der Waals surface area (Å²) in [6.07, 6.45) is -6.68. The van der Waals surface area contributed by atoms with Gasteiger partial charge in [0.25, 0.3) is 0 Å². The highest BCUT2D eigenvalue weighted by molar-refractivity contribution is 6.30. The van der Waals surface area contributed by atoms with Crippen LogP contribution in [-0.4, -0.2) is 18.1 Å². The molecule has 34 heavy (non-hydrogen) atoms. The van der Waals surface area contributed by atoms with E-state index < -0.39 is 46.5 Å². The molecule has 0 bridgehead atoms. The predicted molar refractivity (Wildman–Crippen MR) is 113 cm³/mol. The zero-order chi connectivity index (χ0) is 25.3. The first-order valence-corrected chi connectivity index (χ1v) is 10.4. The molecule has 3 atom stereocenters. The van der Waals surface area contributed by atoms with Gasteiger partial charge in [-0.1, -0.05) is 61.9 Å². The Hall–Kier alpha value is -3.12. The van der Waals surface area contributed by atoms with E-state index in [9.17, 15) is 32.0 Å². The van der Waals surface area contributed by atoms with Crippen molar-refractivity contribution >= 4 is 17.6 Å². The number of rotatable bonds is 7. The van der Waals surface area contributed by atoms with Gasteiger partial charge >= 0.3 is 18.1 Å². The summed E-state index contributed by atoms with van der Waals surface area (Å²) in [5.74, 6) is -7.29. The molecule has 180 valence electrons. The van der Waals surface area contributed by atoms with Crippen LogP contribution in [0.25, 0.3) is 0 Å². The van der Waals surface area contributed by atoms with Gasteiger partial charge in [0.2, 0.25) is 6.10 Å². The van der Waals surface area contributed by atoms with E-state index in [1.807, 2.05) is 12.1 Å². The van der Waals surface area contributed by atoms with Crippen molar-refractivity contribution in [2.75, 3.05) is 0 Å². The van der Waals surface area contributed by atoms with Crippen LogP contribution in [0, 0.1) is 28.6 Å². The van der Waals surface area contributed by atoms with Crippen molar-refractivity contribution in [2.45, 2.75) is 32.1 Å². The van der Waals surface area contributed by atoms with E-state index in [1.165, 1.54) is 26.0 Å². The van der Waals surface area contributed by atoms with Gasteiger partial charge in [0.1, 0.15) is 17.6 Å². The Balaban J connectivity index is 1.74. The van der Waals surface area contributed by atoms with E-state index in [0.29, 0.717) is 23.1 Å². The Kier molecular flexibility index (Phi) is 6.94. The van der Waals surface area contributed by atoms with Gasteiger partial charge in [0.05, 0.1) is 11.0 Å². The molecule has 0 saturated heterocycles. The number of para-hydroxylation sites is 1. The van der Waals surface area contributed by atoms with Crippen molar-refractivity contribution in [1.82, 2.24) is 0 Å². The van der Waals surface area contributed by atoms with Gasteiger partial charge in [-0.15, -0.1) is 0 Å². The van der Waals surface area contributed by atoms with Crippen LogP contribution >= 0.6 is 11.6 Å². The maximum Gasteiger partial charge on any atom is 0.459 e. The number of allylic oxidation sites excluding steroid dienone is 2. The minimum Gasteiger partial charge on any atom is -0.457 e. The van der Waals surface area contributed by atoms with Crippen molar-refractivity contribution in [2.24, 2.45) is 17.3 Å². The quantitative estimate of drug-likeness (QED) is 0.299. The lowest BCUT2D eigenvalue weighted by atomic mass is 10.1. The topological polar surface area (TPSA) is 59.3 Å². The molecule has 0 radical (unpaired) electrons. The second kappa shape index (κ2) is 9.26. The minimum atomic E-state index is -5.87. The molecular weight excluding hydrogens is 481 g/mol. The first kappa shape index (κ1) is 25.5. The maximum atomic E-state index is 13.5. The van der Waals surface area contributed by atoms with Crippen LogP contribution in [0.5, 0.6) is 11.5 Å². The summed E-state index contributed by atoms with van der Waals surface area (Å²) in [5.41, 5.74) is -0.687. The lowest BCUT2D eigenvalue weighted by Crippen LogP contribution is -2.36. The zero-order valence-corrected chi connectivity index (χ0v) is 18.7. The predicted octanol–water partition coefficient (Wildman–Crippen LogP) is 7.18. The van der Waals surface area contributed by atoms with Crippen LogP contribution in [0.3, 0.4) is 0 Å². The number of carbonyl (C=O) groups is 1. The molecule has 10 heteroatoms. The van der Waals surface area contributed by atoms with Gasteiger partial charge in [0, 0.05) is 5.56 Å². The molecule has 3 rings (SSSR count). The Morgan fingerprint density at radius 2 is 1.71 bits per heavy atom. The Morgan fingerprint density at radius 3 is 2.29 bits per heavy atom. The number of nitriles is 1. The monoisotopic (exact) mass is 499 g/mol. The molecule has 2 aromatic rings. The molecule has 1 saturated carbocycles. The van der Waals surface area contributed by atoms with Crippen LogP contribution in [-0.2, 0) is 9.53 Å². The van der Waals surface area contributed by atoms with E-state index in [-0.39, 0.29) is 0 Å². The average Bonchev–Trinajstić information content (AvgIpc) is 3.31. The van der Waals surface area contributed by atoms with Crippen molar-refractivity contribution in [3.8, 4) is 17.6 Å². The smallest absolute Gasteiger partial charge is 0.457 e. The summed E-state index contributed by atoms with van der Waals surface area (Å²) < 4.78 is 75.6. The SMILES string of the molecule is CC1(C)[C@@H](/C=C(\Cl)C(F)(F)C(F)(F)F)[C@@H]1C(=O)OC(C#N)c1cccc(Oc2ccccc2)c1. The van der Waals surface area contributed by atoms with Gasteiger partial charge in [-0.3, -0.25) is 4.79 Å². The van der Waals surface area contributed by atoms with E-state index in [0.717, 1.165) is 0 Å². The fourth-order valence-corrected chi connectivity index (χ4v) is 3.80. The van der Waals surface area contributed by atoms with E-state index in [2.05, 4.69) is 0 Å². The third kappa shape index (κ3) is 5.17. The van der Waals surface area contributed by atoms with Crippen LogP contribution < -0.4 is 4.74 Å². The van der Waals surface area contributed by atoms with Gasteiger partial charge in [0.15, 0.2) is 0 Å². The molecule has 0 amide bonds. The number of alkyl halides is 5. The van der Waals surface area contributed by atoms with Gasteiger partial charge in [-0.05, 0) is 35.6 Å². The number of hydrogen-bond donors (Lipinski definition) is 0. The van der Waals surface area contributed by atoms with Gasteiger partial charge in [-0.2, -0.15) is 27.2 Å². The third-order valence-corrected chi connectivity index (χ3v) is 6.00. The highest BCUT2D eigenvalue weighted by atomic mass is 35.5. The molecule has 0 heterocycles. The first-order valence-electron chi connectivity index (χ1n) is 10.0. The van der Waals surface area contributed by atoms with Crippen LogP contribution in [0.1, 0.15) is 25.5 Å². The highest BCUT2D eigenvalue weighted by Gasteiger charge is 2.65. The molecule has 0 N–H and O–H groups in total. The first-order chi connectivity index (χ1) is 15.8. The van der Waals surface area contributed by atoms with Crippen molar-refractivity contribution in [1.29, 1.82) is 5.26 Å². The summed E-state index contributed by atoms with van der Waals surface area (Å²) >= 11 is 5.27. The largest absolute Gasteiger partial charge is 0.459 e. The standard InChI is InChI=1S/C24H19ClF5NO3/c1-22(2)17(12-19(25)23(26,27)24(28,29)30)20(22)21(32)34-18(13-31)14-7-6-10-16(11-14)33-15-8-4-3-5-9-15/h3-12,17-18,20H,1-2H3/b19-12-/t17-,18?,20+/m0/s1. The van der Waals surface area contributed by atoms with E-state index in [4.69, 9.17) is 21.1 Å². The molecule has 0 aliphatic heterocycles. The molecule has 1 aliphatic rings. The third-order valence-electron chi connectivity index (χ3n) is 5.64. The fraction of sp³-hybridized carbons (Fsp3) is 0.333. The molecule has 1 fully saturated rings. The van der Waals surface area contributed by atoms with Crippen molar-refractivity contribution in [3.63, 3.8) is 0 Å². The number of benzene rings is 2.